The standard InChI is InChI=1S/C15H14BrN3O/c1-9-6-14(10(16)7-11(9)17)19-8-15(20)18-12-4-2-3-5-13(12)19/h2-7H,8,17H2,1H3,(H,18,20). The van der Waals surface area contributed by atoms with E-state index in [1.807, 2.05) is 48.2 Å². The Balaban J connectivity index is 2.15. The van der Waals surface area contributed by atoms with Gasteiger partial charge in [0.15, 0.2) is 0 Å². The summed E-state index contributed by atoms with van der Waals surface area (Å²) in [5.74, 6) is -0.0231. The fourth-order valence-electron chi connectivity index (χ4n) is 2.34. The van der Waals surface area contributed by atoms with Crippen molar-refractivity contribution in [2.75, 3.05) is 22.5 Å². The molecule has 0 aliphatic carbocycles. The van der Waals surface area contributed by atoms with E-state index >= 15 is 0 Å². The number of rotatable bonds is 1. The zero-order valence-corrected chi connectivity index (χ0v) is 12.6. The molecule has 1 heterocycles. The largest absolute Gasteiger partial charge is 0.398 e. The summed E-state index contributed by atoms with van der Waals surface area (Å²) < 4.78 is 0.880. The van der Waals surface area contributed by atoms with Crippen molar-refractivity contribution in [3.05, 3.63) is 46.4 Å². The number of carbonyl (C=O) groups is 1. The lowest BCUT2D eigenvalue weighted by Gasteiger charge is -2.32. The Morgan fingerprint density at radius 3 is 2.80 bits per heavy atom. The van der Waals surface area contributed by atoms with E-state index in [-0.39, 0.29) is 5.91 Å². The van der Waals surface area contributed by atoms with Crippen LogP contribution in [0.5, 0.6) is 0 Å². The van der Waals surface area contributed by atoms with Crippen molar-refractivity contribution < 1.29 is 4.79 Å². The molecule has 102 valence electrons. The average molecular weight is 332 g/mol. The fraction of sp³-hybridized carbons (Fsp3) is 0.133. The van der Waals surface area contributed by atoms with Crippen molar-refractivity contribution in [1.29, 1.82) is 0 Å². The van der Waals surface area contributed by atoms with Gasteiger partial charge in [0.2, 0.25) is 5.91 Å². The van der Waals surface area contributed by atoms with Crippen LogP contribution in [0.2, 0.25) is 0 Å². The molecule has 0 fully saturated rings. The maximum absolute atomic E-state index is 11.9. The molecule has 0 atom stereocenters. The molecule has 0 spiro atoms. The third-order valence-corrected chi connectivity index (χ3v) is 4.03. The van der Waals surface area contributed by atoms with Crippen molar-refractivity contribution in [3.63, 3.8) is 0 Å². The number of amides is 1. The highest BCUT2D eigenvalue weighted by Crippen LogP contribution is 2.39. The number of nitrogens with one attached hydrogen (secondary N) is 1. The number of hydrogen-bond acceptors (Lipinski definition) is 3. The number of para-hydroxylation sites is 2. The highest BCUT2D eigenvalue weighted by atomic mass is 79.9. The second kappa shape index (κ2) is 4.83. The molecule has 0 unspecified atom stereocenters. The van der Waals surface area contributed by atoms with Crippen LogP contribution < -0.4 is 16.0 Å². The van der Waals surface area contributed by atoms with E-state index in [0.717, 1.165) is 32.8 Å². The molecule has 4 nitrogen and oxygen atoms in total. The van der Waals surface area contributed by atoms with Crippen LogP contribution in [0.15, 0.2) is 40.9 Å². The van der Waals surface area contributed by atoms with Crippen molar-refractivity contribution >= 4 is 44.6 Å². The molecule has 3 N–H and O–H groups in total. The van der Waals surface area contributed by atoms with Crippen molar-refractivity contribution in [1.82, 2.24) is 0 Å². The summed E-state index contributed by atoms with van der Waals surface area (Å²) in [7, 11) is 0. The van der Waals surface area contributed by atoms with Gasteiger partial charge in [0.05, 0.1) is 17.1 Å². The van der Waals surface area contributed by atoms with Crippen LogP contribution in [-0.2, 0) is 4.79 Å². The first-order valence-corrected chi connectivity index (χ1v) is 7.07. The van der Waals surface area contributed by atoms with Gasteiger partial charge in [-0.2, -0.15) is 0 Å². The zero-order valence-electron chi connectivity index (χ0n) is 11.0. The van der Waals surface area contributed by atoms with Gasteiger partial charge in [0.25, 0.3) is 0 Å². The van der Waals surface area contributed by atoms with Crippen LogP contribution in [0, 0.1) is 6.92 Å². The smallest absolute Gasteiger partial charge is 0.244 e. The SMILES string of the molecule is Cc1cc(N2CC(=O)Nc3ccccc32)c(Br)cc1N. The summed E-state index contributed by atoms with van der Waals surface area (Å²) in [5.41, 5.74) is 10.4. The van der Waals surface area contributed by atoms with Crippen molar-refractivity contribution in [3.8, 4) is 0 Å². The van der Waals surface area contributed by atoms with Gasteiger partial charge in [-0.15, -0.1) is 0 Å². The maximum atomic E-state index is 11.9. The average Bonchev–Trinajstić information content (AvgIpc) is 2.42. The first kappa shape index (κ1) is 13.0. The summed E-state index contributed by atoms with van der Waals surface area (Å²) in [5, 5.41) is 2.88. The number of nitrogens with zero attached hydrogens (tertiary/aromatic N) is 1. The van der Waals surface area contributed by atoms with Gasteiger partial charge in [-0.1, -0.05) is 12.1 Å². The van der Waals surface area contributed by atoms with Crippen LogP contribution in [0.3, 0.4) is 0 Å². The lowest BCUT2D eigenvalue weighted by atomic mass is 10.1. The molecule has 2 aromatic rings. The first-order chi connectivity index (χ1) is 9.56. The molecule has 5 heteroatoms. The molecule has 1 amide bonds. The number of carbonyl (C=O) groups excluding carboxylic acids is 1. The predicted molar refractivity (Wildman–Crippen MR) is 85.4 cm³/mol. The van der Waals surface area contributed by atoms with E-state index in [4.69, 9.17) is 5.73 Å². The maximum Gasteiger partial charge on any atom is 0.244 e. The zero-order chi connectivity index (χ0) is 14.3. The quantitative estimate of drug-likeness (QED) is 0.787. The number of aryl methyl sites for hydroxylation is 1. The summed E-state index contributed by atoms with van der Waals surface area (Å²) in [6, 6.07) is 11.6. The number of fused-ring (bicyclic) bond motifs is 1. The van der Waals surface area contributed by atoms with Gasteiger partial charge in [0.1, 0.15) is 6.54 Å². The van der Waals surface area contributed by atoms with E-state index < -0.39 is 0 Å². The van der Waals surface area contributed by atoms with Gasteiger partial charge < -0.3 is 16.0 Å². The minimum absolute atomic E-state index is 0.0231. The third kappa shape index (κ3) is 2.14. The molecule has 20 heavy (non-hydrogen) atoms. The number of halogens is 1. The number of hydrogen-bond donors (Lipinski definition) is 2. The number of nitrogens with two attached hydrogens (primary N) is 1. The number of nitrogen functional groups attached to an aromatic ring is 1. The minimum atomic E-state index is -0.0231. The normalized spacial score (nSPS) is 13.9. The molecular weight excluding hydrogens is 318 g/mol. The number of benzene rings is 2. The predicted octanol–water partition coefficient (Wildman–Crippen LogP) is 3.43. The van der Waals surface area contributed by atoms with Gasteiger partial charge in [-0.3, -0.25) is 4.79 Å². The lowest BCUT2D eigenvalue weighted by molar-refractivity contribution is -0.115. The lowest BCUT2D eigenvalue weighted by Crippen LogP contribution is -2.35. The van der Waals surface area contributed by atoms with E-state index in [9.17, 15) is 4.79 Å². The molecule has 0 saturated carbocycles. The van der Waals surface area contributed by atoms with E-state index in [1.54, 1.807) is 0 Å². The Bertz CT molecular complexity index is 700. The van der Waals surface area contributed by atoms with E-state index in [0.29, 0.717) is 6.54 Å². The molecule has 0 bridgehead atoms. The van der Waals surface area contributed by atoms with Crippen molar-refractivity contribution in [2.24, 2.45) is 0 Å². The first-order valence-electron chi connectivity index (χ1n) is 6.28. The molecule has 1 aliphatic heterocycles. The second-order valence-corrected chi connectivity index (χ2v) is 5.67. The van der Waals surface area contributed by atoms with Crippen LogP contribution >= 0.6 is 15.9 Å². The van der Waals surface area contributed by atoms with Gasteiger partial charge in [-0.25, -0.2) is 0 Å². The summed E-state index contributed by atoms with van der Waals surface area (Å²) >= 11 is 3.54. The van der Waals surface area contributed by atoms with Crippen molar-refractivity contribution in [2.45, 2.75) is 6.92 Å². The van der Waals surface area contributed by atoms with E-state index in [1.165, 1.54) is 0 Å². The summed E-state index contributed by atoms with van der Waals surface area (Å²) in [6.07, 6.45) is 0. The Morgan fingerprint density at radius 2 is 2.00 bits per heavy atom. The van der Waals surface area contributed by atoms with Crippen LogP contribution in [0.1, 0.15) is 5.56 Å². The highest BCUT2D eigenvalue weighted by molar-refractivity contribution is 9.10. The Hall–Kier alpha value is -2.01. The molecule has 0 saturated heterocycles. The van der Waals surface area contributed by atoms with E-state index in [2.05, 4.69) is 21.2 Å². The minimum Gasteiger partial charge on any atom is -0.398 e. The second-order valence-electron chi connectivity index (χ2n) is 4.81. The molecular formula is C15H14BrN3O. The molecule has 2 aromatic carbocycles. The third-order valence-electron chi connectivity index (χ3n) is 3.40. The Labute approximate surface area is 125 Å². The van der Waals surface area contributed by atoms with Crippen LogP contribution in [0.25, 0.3) is 0 Å². The Kier molecular flexibility index (Phi) is 3.14. The monoisotopic (exact) mass is 331 g/mol. The molecule has 0 radical (unpaired) electrons. The fourth-order valence-corrected chi connectivity index (χ4v) is 2.91. The highest BCUT2D eigenvalue weighted by Gasteiger charge is 2.24. The van der Waals surface area contributed by atoms with Gasteiger partial charge >= 0.3 is 0 Å². The number of anilines is 4. The molecule has 0 aromatic heterocycles. The van der Waals surface area contributed by atoms with Crippen LogP contribution in [-0.4, -0.2) is 12.5 Å². The summed E-state index contributed by atoms with van der Waals surface area (Å²) in [4.78, 5) is 13.9. The summed E-state index contributed by atoms with van der Waals surface area (Å²) in [6.45, 7) is 2.25. The molecule has 3 rings (SSSR count). The topological polar surface area (TPSA) is 58.4 Å². The van der Waals surface area contributed by atoms with Crippen LogP contribution in [0.4, 0.5) is 22.7 Å². The molecule has 1 aliphatic rings. The Morgan fingerprint density at radius 1 is 1.25 bits per heavy atom. The van der Waals surface area contributed by atoms with Gasteiger partial charge in [0, 0.05) is 10.2 Å². The van der Waals surface area contributed by atoms with Gasteiger partial charge in [-0.05, 0) is 52.7 Å².